The van der Waals surface area contributed by atoms with Gasteiger partial charge in [-0.05, 0) is 37.5 Å². The van der Waals surface area contributed by atoms with Gasteiger partial charge in [-0.25, -0.2) is 4.79 Å². The van der Waals surface area contributed by atoms with Crippen LogP contribution in [0.1, 0.15) is 26.2 Å². The van der Waals surface area contributed by atoms with Crippen molar-refractivity contribution in [1.29, 1.82) is 0 Å². The molecule has 0 aliphatic carbocycles. The van der Waals surface area contributed by atoms with E-state index in [2.05, 4.69) is 21.2 Å². The van der Waals surface area contributed by atoms with Crippen LogP contribution in [0.15, 0.2) is 28.7 Å². The highest BCUT2D eigenvalue weighted by Crippen LogP contribution is 2.24. The van der Waals surface area contributed by atoms with E-state index in [4.69, 9.17) is 4.74 Å². The lowest BCUT2D eigenvalue weighted by Crippen LogP contribution is -2.49. The Bertz CT molecular complexity index is 634. The zero-order valence-electron chi connectivity index (χ0n) is 14.4. The molecule has 3 rings (SSSR count). The molecule has 25 heavy (non-hydrogen) atoms. The molecule has 2 aliphatic rings. The number of anilines is 1. The lowest BCUT2D eigenvalue weighted by Gasteiger charge is -2.37. The summed E-state index contributed by atoms with van der Waals surface area (Å²) in [6.45, 7) is 4.27. The van der Waals surface area contributed by atoms with Crippen LogP contribution in [0.25, 0.3) is 0 Å². The van der Waals surface area contributed by atoms with Crippen LogP contribution in [0.4, 0.5) is 10.5 Å². The highest BCUT2D eigenvalue weighted by Gasteiger charge is 2.36. The first kappa shape index (κ1) is 18.2. The molecule has 1 aromatic carbocycles. The van der Waals surface area contributed by atoms with Crippen LogP contribution in [0.3, 0.4) is 0 Å². The van der Waals surface area contributed by atoms with Crippen molar-refractivity contribution in [3.8, 4) is 0 Å². The minimum absolute atomic E-state index is 0.0890. The molecular weight excluding hydrogens is 386 g/mol. The minimum atomic E-state index is -0.115. The van der Waals surface area contributed by atoms with Crippen LogP contribution in [0.5, 0.6) is 0 Å². The Kier molecular flexibility index (Phi) is 5.96. The van der Waals surface area contributed by atoms with Gasteiger partial charge in [-0.1, -0.05) is 22.0 Å². The lowest BCUT2D eigenvalue weighted by molar-refractivity contribution is -0.135. The number of carbonyl (C=O) groups is 2. The first-order valence-corrected chi connectivity index (χ1v) is 9.52. The number of carbonyl (C=O) groups excluding carboxylic acids is 2. The van der Waals surface area contributed by atoms with E-state index in [0.29, 0.717) is 26.3 Å². The molecule has 2 fully saturated rings. The predicted octanol–water partition coefficient (Wildman–Crippen LogP) is 3.08. The summed E-state index contributed by atoms with van der Waals surface area (Å²) in [6, 6.07) is 7.74. The maximum absolute atomic E-state index is 12.5. The standard InChI is InChI=1S/C18H24BrN3O3/c1-13(23)22(16-6-9-25-10-7-16)17-5-8-21(12-17)18(24)20-15-4-2-3-14(19)11-15/h2-4,11,16-17H,5-10,12H2,1H3,(H,20,24). The summed E-state index contributed by atoms with van der Waals surface area (Å²) >= 11 is 3.40. The summed E-state index contributed by atoms with van der Waals surface area (Å²) in [7, 11) is 0. The predicted molar refractivity (Wildman–Crippen MR) is 99.5 cm³/mol. The molecule has 0 saturated carbocycles. The third kappa shape index (κ3) is 4.52. The summed E-state index contributed by atoms with van der Waals surface area (Å²) in [5.74, 6) is 0.0890. The van der Waals surface area contributed by atoms with Gasteiger partial charge in [-0.2, -0.15) is 0 Å². The molecule has 6 nitrogen and oxygen atoms in total. The molecular formula is C18H24BrN3O3. The number of hydrogen-bond donors (Lipinski definition) is 1. The highest BCUT2D eigenvalue weighted by molar-refractivity contribution is 9.10. The van der Waals surface area contributed by atoms with Crippen molar-refractivity contribution < 1.29 is 14.3 Å². The van der Waals surface area contributed by atoms with Crippen molar-refractivity contribution in [2.75, 3.05) is 31.6 Å². The summed E-state index contributed by atoms with van der Waals surface area (Å²) in [4.78, 5) is 28.5. The van der Waals surface area contributed by atoms with Crippen molar-refractivity contribution in [2.45, 2.75) is 38.3 Å². The van der Waals surface area contributed by atoms with Gasteiger partial charge in [0.2, 0.25) is 5.91 Å². The van der Waals surface area contributed by atoms with E-state index in [1.165, 1.54) is 0 Å². The van der Waals surface area contributed by atoms with Crippen LogP contribution in [0.2, 0.25) is 0 Å². The van der Waals surface area contributed by atoms with Gasteiger partial charge in [0.1, 0.15) is 0 Å². The van der Waals surface area contributed by atoms with Crippen molar-refractivity contribution in [3.05, 3.63) is 28.7 Å². The molecule has 2 saturated heterocycles. The molecule has 2 aliphatic heterocycles. The van der Waals surface area contributed by atoms with E-state index < -0.39 is 0 Å². The molecule has 7 heteroatoms. The Morgan fingerprint density at radius 3 is 2.68 bits per heavy atom. The number of urea groups is 1. The van der Waals surface area contributed by atoms with Crippen molar-refractivity contribution >= 4 is 33.6 Å². The summed E-state index contributed by atoms with van der Waals surface area (Å²) in [5, 5.41) is 2.93. The third-order valence-corrected chi connectivity index (χ3v) is 5.36. The largest absolute Gasteiger partial charge is 0.381 e. The molecule has 0 aromatic heterocycles. The summed E-state index contributed by atoms with van der Waals surface area (Å²) in [6.07, 6.45) is 2.57. The number of nitrogens with zero attached hydrogens (tertiary/aromatic N) is 2. The first-order valence-electron chi connectivity index (χ1n) is 8.73. The Balaban J connectivity index is 1.61. The fourth-order valence-corrected chi connectivity index (χ4v) is 4.10. The van der Waals surface area contributed by atoms with Gasteiger partial charge in [0.15, 0.2) is 0 Å². The third-order valence-electron chi connectivity index (χ3n) is 4.87. The Morgan fingerprint density at radius 1 is 1.24 bits per heavy atom. The molecule has 1 N–H and O–H groups in total. The average molecular weight is 410 g/mol. The molecule has 1 atom stereocenters. The maximum atomic E-state index is 12.5. The highest BCUT2D eigenvalue weighted by atomic mass is 79.9. The van der Waals surface area contributed by atoms with Crippen LogP contribution in [-0.4, -0.2) is 60.1 Å². The topological polar surface area (TPSA) is 61.9 Å². The molecule has 2 heterocycles. The number of ether oxygens (including phenoxy) is 1. The quantitative estimate of drug-likeness (QED) is 0.833. The molecule has 3 amide bonds. The number of rotatable bonds is 3. The molecule has 1 unspecified atom stereocenters. The van der Waals surface area contributed by atoms with Crippen LogP contribution in [0, 0.1) is 0 Å². The number of halogens is 1. The maximum Gasteiger partial charge on any atom is 0.321 e. The van der Waals surface area contributed by atoms with Gasteiger partial charge >= 0.3 is 6.03 Å². The number of nitrogens with one attached hydrogen (secondary N) is 1. The molecule has 0 bridgehead atoms. The van der Waals surface area contributed by atoms with E-state index in [9.17, 15) is 9.59 Å². The lowest BCUT2D eigenvalue weighted by atomic mass is 10.0. The van der Waals surface area contributed by atoms with E-state index in [1.54, 1.807) is 11.8 Å². The molecule has 0 radical (unpaired) electrons. The summed E-state index contributed by atoms with van der Waals surface area (Å²) in [5.41, 5.74) is 0.760. The normalized spacial score (nSPS) is 21.2. The Morgan fingerprint density at radius 2 is 2.00 bits per heavy atom. The zero-order valence-corrected chi connectivity index (χ0v) is 16.0. The Hall–Kier alpha value is -1.60. The van der Waals surface area contributed by atoms with Crippen LogP contribution < -0.4 is 5.32 Å². The van der Waals surface area contributed by atoms with Gasteiger partial charge in [-0.3, -0.25) is 4.79 Å². The molecule has 136 valence electrons. The SMILES string of the molecule is CC(=O)N(C1CCOCC1)C1CCN(C(=O)Nc2cccc(Br)c2)C1. The number of benzene rings is 1. The average Bonchev–Trinajstić information content (AvgIpc) is 3.05. The number of amides is 3. The van der Waals surface area contributed by atoms with Crippen molar-refractivity contribution in [3.63, 3.8) is 0 Å². The van der Waals surface area contributed by atoms with Gasteiger partial charge in [0.25, 0.3) is 0 Å². The fourth-order valence-electron chi connectivity index (χ4n) is 3.70. The number of likely N-dealkylation sites (tertiary alicyclic amines) is 1. The van der Waals surface area contributed by atoms with Crippen molar-refractivity contribution in [1.82, 2.24) is 9.80 Å². The second kappa shape index (κ2) is 8.19. The monoisotopic (exact) mass is 409 g/mol. The smallest absolute Gasteiger partial charge is 0.321 e. The second-order valence-electron chi connectivity index (χ2n) is 6.60. The van der Waals surface area contributed by atoms with Gasteiger partial charge in [0.05, 0.1) is 6.04 Å². The Labute approximate surface area is 156 Å². The van der Waals surface area contributed by atoms with Crippen LogP contribution in [-0.2, 0) is 9.53 Å². The second-order valence-corrected chi connectivity index (χ2v) is 7.51. The minimum Gasteiger partial charge on any atom is -0.381 e. The fraction of sp³-hybridized carbons (Fsp3) is 0.556. The van der Waals surface area contributed by atoms with E-state index >= 15 is 0 Å². The number of hydrogen-bond acceptors (Lipinski definition) is 3. The first-order chi connectivity index (χ1) is 12.0. The van der Waals surface area contributed by atoms with Gasteiger partial charge < -0.3 is 19.9 Å². The van der Waals surface area contributed by atoms with E-state index in [0.717, 1.165) is 29.4 Å². The molecule has 1 aromatic rings. The van der Waals surface area contributed by atoms with Crippen LogP contribution >= 0.6 is 15.9 Å². The van der Waals surface area contributed by atoms with Gasteiger partial charge in [-0.15, -0.1) is 0 Å². The van der Waals surface area contributed by atoms with E-state index in [1.807, 2.05) is 29.2 Å². The van der Waals surface area contributed by atoms with Crippen molar-refractivity contribution in [2.24, 2.45) is 0 Å². The zero-order chi connectivity index (χ0) is 17.8. The van der Waals surface area contributed by atoms with E-state index in [-0.39, 0.29) is 24.0 Å². The van der Waals surface area contributed by atoms with Gasteiger partial charge in [0, 0.05) is 49.4 Å². The summed E-state index contributed by atoms with van der Waals surface area (Å²) < 4.78 is 6.33. The molecule has 0 spiro atoms.